The molecular formula is C28H39NO5. The van der Waals surface area contributed by atoms with Crippen molar-refractivity contribution >= 4 is 5.97 Å². The maximum Gasteiger partial charge on any atom is 0.349 e. The van der Waals surface area contributed by atoms with Crippen LogP contribution in [0.3, 0.4) is 0 Å². The summed E-state index contributed by atoms with van der Waals surface area (Å²) >= 11 is 0. The number of pyridine rings is 1. The van der Waals surface area contributed by atoms with Crippen LogP contribution in [0.4, 0.5) is 0 Å². The van der Waals surface area contributed by atoms with Crippen molar-refractivity contribution in [2.75, 3.05) is 20.5 Å². The van der Waals surface area contributed by atoms with Gasteiger partial charge in [0.05, 0.1) is 12.3 Å². The molecule has 1 fully saturated rings. The summed E-state index contributed by atoms with van der Waals surface area (Å²) in [5.74, 6) is 1.56. The van der Waals surface area contributed by atoms with Gasteiger partial charge in [0, 0.05) is 25.1 Å². The zero-order valence-electron chi connectivity index (χ0n) is 21.5. The number of nitrogens with zero attached hydrogens (tertiary/aromatic N) is 1. The van der Waals surface area contributed by atoms with Gasteiger partial charge in [-0.05, 0) is 88.4 Å². The number of benzene rings is 1. The van der Waals surface area contributed by atoms with Crippen LogP contribution in [0.15, 0.2) is 24.3 Å². The molecule has 1 heterocycles. The molecule has 1 aromatic heterocycles. The molecule has 6 heteroatoms. The zero-order chi connectivity index (χ0) is 24.7. The second-order valence-electron chi connectivity index (χ2n) is 9.62. The van der Waals surface area contributed by atoms with E-state index < -0.39 is 5.60 Å². The highest BCUT2D eigenvalue weighted by atomic mass is 16.7. The number of rotatable bonds is 10. The first kappa shape index (κ1) is 26.0. The Labute approximate surface area is 204 Å². The third-order valence-corrected chi connectivity index (χ3v) is 6.44. The molecule has 186 valence electrons. The molecule has 6 nitrogen and oxygen atoms in total. The van der Waals surface area contributed by atoms with Gasteiger partial charge >= 0.3 is 5.97 Å². The fourth-order valence-electron chi connectivity index (χ4n) is 4.63. The minimum Gasteiger partial charge on any atom is -0.476 e. The van der Waals surface area contributed by atoms with E-state index in [0.717, 1.165) is 47.5 Å². The van der Waals surface area contributed by atoms with Crippen molar-refractivity contribution in [1.29, 1.82) is 0 Å². The van der Waals surface area contributed by atoms with Gasteiger partial charge < -0.3 is 18.9 Å². The van der Waals surface area contributed by atoms with Crippen molar-refractivity contribution < 1.29 is 23.7 Å². The van der Waals surface area contributed by atoms with Gasteiger partial charge in [-0.3, -0.25) is 4.98 Å². The molecule has 1 aromatic carbocycles. The number of ether oxygens (including phenoxy) is 4. The SMILES string of the molecule is CCOC(=O)C(C)(C)Oc1cc(C)c(Cc2ccc(OCOC)c(C3CCCCC3)n2)c(C)c1. The Morgan fingerprint density at radius 2 is 1.76 bits per heavy atom. The summed E-state index contributed by atoms with van der Waals surface area (Å²) in [6.07, 6.45) is 6.80. The van der Waals surface area contributed by atoms with Crippen LogP contribution in [-0.4, -0.2) is 37.1 Å². The van der Waals surface area contributed by atoms with Crippen molar-refractivity contribution in [2.24, 2.45) is 0 Å². The first-order valence-electron chi connectivity index (χ1n) is 12.3. The number of carbonyl (C=O) groups excluding carboxylic acids is 1. The molecule has 1 aliphatic carbocycles. The quantitative estimate of drug-likeness (QED) is 0.312. The molecule has 0 spiro atoms. The maximum absolute atomic E-state index is 12.2. The van der Waals surface area contributed by atoms with Crippen molar-refractivity contribution in [3.63, 3.8) is 0 Å². The zero-order valence-corrected chi connectivity index (χ0v) is 21.5. The summed E-state index contributed by atoms with van der Waals surface area (Å²) < 4.78 is 22.1. The van der Waals surface area contributed by atoms with E-state index in [-0.39, 0.29) is 12.8 Å². The molecule has 0 amide bonds. The highest BCUT2D eigenvalue weighted by molar-refractivity contribution is 5.79. The minimum atomic E-state index is -1.05. The molecule has 1 aliphatic rings. The second-order valence-corrected chi connectivity index (χ2v) is 9.62. The predicted molar refractivity (Wildman–Crippen MR) is 133 cm³/mol. The normalized spacial score (nSPS) is 14.6. The standard InChI is InChI=1S/C28H39NO5/c1-7-32-27(30)28(4,5)34-23-15-19(2)24(20(3)16-23)17-22-13-14-25(33-18-31-6)26(29-22)21-11-9-8-10-12-21/h13-16,21H,7-12,17-18H2,1-6H3. The molecule has 0 radical (unpaired) electrons. The molecule has 0 unspecified atom stereocenters. The summed E-state index contributed by atoms with van der Waals surface area (Å²) in [4.78, 5) is 17.3. The van der Waals surface area contributed by atoms with E-state index in [4.69, 9.17) is 23.9 Å². The van der Waals surface area contributed by atoms with Gasteiger partial charge in [0.1, 0.15) is 11.5 Å². The lowest BCUT2D eigenvalue weighted by Gasteiger charge is -2.25. The van der Waals surface area contributed by atoms with Gasteiger partial charge in [-0.2, -0.15) is 0 Å². The summed E-state index contributed by atoms with van der Waals surface area (Å²) in [5.41, 5.74) is 4.46. The lowest BCUT2D eigenvalue weighted by atomic mass is 9.86. The van der Waals surface area contributed by atoms with Gasteiger partial charge in [-0.15, -0.1) is 0 Å². The van der Waals surface area contributed by atoms with Crippen molar-refractivity contribution in [1.82, 2.24) is 4.98 Å². The summed E-state index contributed by atoms with van der Waals surface area (Å²) in [7, 11) is 1.63. The topological polar surface area (TPSA) is 66.9 Å². The minimum absolute atomic E-state index is 0.225. The van der Waals surface area contributed by atoms with Crippen LogP contribution in [-0.2, 0) is 20.7 Å². The van der Waals surface area contributed by atoms with Crippen LogP contribution in [0.25, 0.3) is 0 Å². The Kier molecular flexibility index (Phi) is 8.95. The number of aromatic nitrogens is 1. The van der Waals surface area contributed by atoms with Crippen molar-refractivity contribution in [2.45, 2.75) is 84.7 Å². The van der Waals surface area contributed by atoms with Gasteiger partial charge in [0.25, 0.3) is 0 Å². The monoisotopic (exact) mass is 469 g/mol. The molecule has 0 bridgehead atoms. The van der Waals surface area contributed by atoms with E-state index in [9.17, 15) is 4.79 Å². The number of aryl methyl sites for hydroxylation is 2. The van der Waals surface area contributed by atoms with Gasteiger partial charge in [-0.1, -0.05) is 19.3 Å². The highest BCUT2D eigenvalue weighted by Gasteiger charge is 2.32. The third-order valence-electron chi connectivity index (χ3n) is 6.44. The van der Waals surface area contributed by atoms with Crippen LogP contribution >= 0.6 is 0 Å². The average molecular weight is 470 g/mol. The Bertz CT molecular complexity index is 956. The highest BCUT2D eigenvalue weighted by Crippen LogP contribution is 2.37. The molecule has 0 N–H and O–H groups in total. The average Bonchev–Trinajstić information content (AvgIpc) is 2.81. The van der Waals surface area contributed by atoms with E-state index in [2.05, 4.69) is 13.8 Å². The van der Waals surface area contributed by atoms with Crippen LogP contribution in [0.5, 0.6) is 11.5 Å². The van der Waals surface area contributed by atoms with Crippen LogP contribution in [0, 0.1) is 13.8 Å². The van der Waals surface area contributed by atoms with Gasteiger partial charge in [0.15, 0.2) is 12.4 Å². The van der Waals surface area contributed by atoms with Crippen LogP contribution in [0.1, 0.15) is 86.9 Å². The number of esters is 1. The summed E-state index contributed by atoms with van der Waals surface area (Å²) in [6, 6.07) is 8.06. The Morgan fingerprint density at radius 3 is 2.38 bits per heavy atom. The second kappa shape index (κ2) is 11.7. The van der Waals surface area contributed by atoms with Crippen LogP contribution < -0.4 is 9.47 Å². The number of carbonyl (C=O) groups is 1. The molecule has 3 rings (SSSR count). The molecule has 0 saturated heterocycles. The summed E-state index contributed by atoms with van der Waals surface area (Å²) in [5, 5.41) is 0. The number of hydrogen-bond acceptors (Lipinski definition) is 6. The molecule has 0 atom stereocenters. The Morgan fingerprint density at radius 1 is 1.09 bits per heavy atom. The third kappa shape index (κ3) is 6.50. The predicted octanol–water partition coefficient (Wildman–Crippen LogP) is 6.04. The molecular weight excluding hydrogens is 430 g/mol. The maximum atomic E-state index is 12.2. The van der Waals surface area contributed by atoms with E-state index in [1.54, 1.807) is 27.9 Å². The summed E-state index contributed by atoms with van der Waals surface area (Å²) in [6.45, 7) is 9.95. The van der Waals surface area contributed by atoms with E-state index >= 15 is 0 Å². The van der Waals surface area contributed by atoms with Crippen molar-refractivity contribution in [3.05, 3.63) is 52.3 Å². The van der Waals surface area contributed by atoms with Gasteiger partial charge in [0.2, 0.25) is 0 Å². The Balaban J connectivity index is 1.83. The van der Waals surface area contributed by atoms with E-state index in [1.165, 1.54) is 24.8 Å². The molecule has 2 aromatic rings. The molecule has 0 aliphatic heterocycles. The number of methoxy groups -OCH3 is 1. The van der Waals surface area contributed by atoms with Gasteiger partial charge in [-0.25, -0.2) is 4.79 Å². The van der Waals surface area contributed by atoms with E-state index in [1.807, 2.05) is 24.3 Å². The Hall–Kier alpha value is -2.60. The lowest BCUT2D eigenvalue weighted by Crippen LogP contribution is -2.39. The largest absolute Gasteiger partial charge is 0.476 e. The lowest BCUT2D eigenvalue weighted by molar-refractivity contribution is -0.158. The molecule has 34 heavy (non-hydrogen) atoms. The number of hydrogen-bond donors (Lipinski definition) is 0. The fourth-order valence-corrected chi connectivity index (χ4v) is 4.63. The van der Waals surface area contributed by atoms with Crippen molar-refractivity contribution in [3.8, 4) is 11.5 Å². The first-order chi connectivity index (χ1) is 16.2. The first-order valence-corrected chi connectivity index (χ1v) is 12.3. The van der Waals surface area contributed by atoms with E-state index in [0.29, 0.717) is 18.3 Å². The van der Waals surface area contributed by atoms with Crippen LogP contribution in [0.2, 0.25) is 0 Å². The fraction of sp³-hybridized carbons (Fsp3) is 0.571. The smallest absolute Gasteiger partial charge is 0.349 e. The molecule has 1 saturated carbocycles.